The quantitative estimate of drug-likeness (QED) is 0.917. The number of carbonyl (C=O) groups is 1. The number of hydrogen-bond acceptors (Lipinski definition) is 4. The van der Waals surface area contributed by atoms with Crippen molar-refractivity contribution in [3.63, 3.8) is 0 Å². The van der Waals surface area contributed by atoms with Crippen LogP contribution in [0.1, 0.15) is 30.1 Å². The van der Waals surface area contributed by atoms with E-state index in [1.54, 1.807) is 0 Å². The maximum atomic E-state index is 11.2. The van der Waals surface area contributed by atoms with Crippen LogP contribution < -0.4 is 0 Å². The number of aryl methyl sites for hydroxylation is 1. The Balaban J connectivity index is 1.53. The van der Waals surface area contributed by atoms with Crippen LogP contribution in [-0.2, 0) is 0 Å². The van der Waals surface area contributed by atoms with Crippen molar-refractivity contribution in [3.8, 4) is 11.3 Å². The van der Waals surface area contributed by atoms with Crippen LogP contribution in [0.15, 0.2) is 34.9 Å². The first-order valence-electron chi connectivity index (χ1n) is 8.39. The van der Waals surface area contributed by atoms with E-state index in [1.807, 2.05) is 18.2 Å². The first-order valence-corrected chi connectivity index (χ1v) is 8.39. The Morgan fingerprint density at radius 2 is 2.17 bits per heavy atom. The predicted octanol–water partition coefficient (Wildman–Crippen LogP) is 3.15. The van der Waals surface area contributed by atoms with Gasteiger partial charge in [-0.15, -0.1) is 0 Å². The Hall–Kier alpha value is -2.34. The van der Waals surface area contributed by atoms with Crippen molar-refractivity contribution in [1.82, 2.24) is 15.0 Å². The first kappa shape index (κ1) is 15.2. The van der Waals surface area contributed by atoms with Crippen molar-refractivity contribution in [2.75, 3.05) is 19.6 Å². The minimum absolute atomic E-state index is 0.230. The van der Waals surface area contributed by atoms with Crippen molar-refractivity contribution in [2.45, 2.75) is 31.8 Å². The maximum Gasteiger partial charge on any atom is 0.407 e. The normalized spacial score (nSPS) is 24.1. The lowest BCUT2D eigenvalue weighted by molar-refractivity contribution is 0.0700. The summed E-state index contributed by atoms with van der Waals surface area (Å²) in [6.07, 6.45) is 1.18. The number of carboxylic acid groups (broad SMARTS) is 1. The molecule has 0 radical (unpaired) electrons. The standard InChI is InChI=1S/C18H21N3O3/c1-12-3-2-4-13(9-12)17-10-15(19-24-17)16-6-5-14-11-20(18(22)23)7-8-21(14)16/h2-4,9-10,14,16H,5-8,11H2,1H3,(H,22,23)/t14-,16+/m0/s1. The Morgan fingerprint density at radius 1 is 1.29 bits per heavy atom. The molecule has 0 bridgehead atoms. The number of benzene rings is 1. The summed E-state index contributed by atoms with van der Waals surface area (Å²) in [5.41, 5.74) is 3.19. The lowest BCUT2D eigenvalue weighted by Gasteiger charge is -2.38. The Kier molecular flexibility index (Phi) is 3.76. The van der Waals surface area contributed by atoms with Crippen LogP contribution in [0.2, 0.25) is 0 Å². The number of fused-ring (bicyclic) bond motifs is 1. The number of rotatable bonds is 2. The van der Waals surface area contributed by atoms with Gasteiger partial charge in [0.15, 0.2) is 5.76 Å². The van der Waals surface area contributed by atoms with Gasteiger partial charge in [0.05, 0.1) is 6.04 Å². The highest BCUT2D eigenvalue weighted by molar-refractivity contribution is 5.65. The third kappa shape index (κ3) is 2.67. The third-order valence-electron chi connectivity index (χ3n) is 5.14. The molecule has 2 atom stereocenters. The minimum atomic E-state index is -0.818. The van der Waals surface area contributed by atoms with E-state index in [2.05, 4.69) is 29.1 Å². The number of amides is 1. The smallest absolute Gasteiger partial charge is 0.407 e. The first-order chi connectivity index (χ1) is 11.6. The van der Waals surface area contributed by atoms with Crippen LogP contribution in [0, 0.1) is 6.92 Å². The van der Waals surface area contributed by atoms with Gasteiger partial charge in [-0.1, -0.05) is 28.9 Å². The fourth-order valence-corrected chi connectivity index (χ4v) is 3.92. The molecule has 1 aromatic carbocycles. The SMILES string of the molecule is Cc1cccc(-c2cc([C@H]3CC[C@H]4CN(C(=O)O)CCN43)no2)c1. The van der Waals surface area contributed by atoms with Crippen LogP contribution in [0.5, 0.6) is 0 Å². The summed E-state index contributed by atoms with van der Waals surface area (Å²) >= 11 is 0. The topological polar surface area (TPSA) is 69.8 Å². The van der Waals surface area contributed by atoms with Crippen LogP contribution in [0.25, 0.3) is 11.3 Å². The van der Waals surface area contributed by atoms with Gasteiger partial charge in [-0.05, 0) is 25.8 Å². The average molecular weight is 327 g/mol. The van der Waals surface area contributed by atoms with Gasteiger partial charge in [0.2, 0.25) is 0 Å². The van der Waals surface area contributed by atoms with Gasteiger partial charge < -0.3 is 14.5 Å². The van der Waals surface area contributed by atoms with Crippen LogP contribution in [0.3, 0.4) is 0 Å². The maximum absolute atomic E-state index is 11.2. The molecule has 0 aliphatic carbocycles. The second-order valence-electron chi connectivity index (χ2n) is 6.70. The molecule has 24 heavy (non-hydrogen) atoms. The van der Waals surface area contributed by atoms with Gasteiger partial charge in [-0.3, -0.25) is 4.90 Å². The summed E-state index contributed by atoms with van der Waals surface area (Å²) in [7, 11) is 0. The third-order valence-corrected chi connectivity index (χ3v) is 5.14. The number of nitrogens with zero attached hydrogens (tertiary/aromatic N) is 3. The summed E-state index contributed by atoms with van der Waals surface area (Å²) in [5, 5.41) is 13.5. The molecule has 0 saturated carbocycles. The molecule has 2 saturated heterocycles. The lowest BCUT2D eigenvalue weighted by Crippen LogP contribution is -2.52. The van der Waals surface area contributed by atoms with Gasteiger partial charge in [0.1, 0.15) is 5.69 Å². The lowest BCUT2D eigenvalue weighted by atomic mass is 10.1. The predicted molar refractivity (Wildman–Crippen MR) is 88.7 cm³/mol. The minimum Gasteiger partial charge on any atom is -0.465 e. The van der Waals surface area contributed by atoms with Gasteiger partial charge in [-0.2, -0.15) is 0 Å². The highest BCUT2D eigenvalue weighted by Crippen LogP contribution is 2.38. The molecule has 2 fully saturated rings. The van der Waals surface area contributed by atoms with E-state index < -0.39 is 6.09 Å². The van der Waals surface area contributed by atoms with E-state index in [9.17, 15) is 9.90 Å². The molecule has 3 heterocycles. The molecule has 126 valence electrons. The number of piperazine rings is 1. The Labute approximate surface area is 140 Å². The fraction of sp³-hybridized carbons (Fsp3) is 0.444. The van der Waals surface area contributed by atoms with Crippen LogP contribution >= 0.6 is 0 Å². The monoisotopic (exact) mass is 327 g/mol. The van der Waals surface area contributed by atoms with Gasteiger partial charge >= 0.3 is 6.09 Å². The van der Waals surface area contributed by atoms with Crippen LogP contribution in [-0.4, -0.2) is 51.8 Å². The summed E-state index contributed by atoms with van der Waals surface area (Å²) in [6, 6.07) is 10.7. The summed E-state index contributed by atoms with van der Waals surface area (Å²) in [5.74, 6) is 0.793. The van der Waals surface area contributed by atoms with Gasteiger partial charge in [0, 0.05) is 37.3 Å². The van der Waals surface area contributed by atoms with Gasteiger partial charge in [-0.25, -0.2) is 4.79 Å². The second kappa shape index (κ2) is 5.94. The molecule has 1 N–H and O–H groups in total. The van der Waals surface area contributed by atoms with Crippen molar-refractivity contribution in [1.29, 1.82) is 0 Å². The summed E-state index contributed by atoms with van der Waals surface area (Å²) < 4.78 is 5.58. The highest BCUT2D eigenvalue weighted by Gasteiger charge is 2.40. The summed E-state index contributed by atoms with van der Waals surface area (Å²) in [6.45, 7) is 3.97. The molecule has 1 amide bonds. The second-order valence-corrected chi connectivity index (χ2v) is 6.70. The molecule has 6 nitrogen and oxygen atoms in total. The highest BCUT2D eigenvalue weighted by atomic mass is 16.5. The van der Waals surface area contributed by atoms with Crippen molar-refractivity contribution < 1.29 is 14.4 Å². The van der Waals surface area contributed by atoms with Crippen LogP contribution in [0.4, 0.5) is 4.79 Å². The van der Waals surface area contributed by atoms with Crippen molar-refractivity contribution in [2.24, 2.45) is 0 Å². The van der Waals surface area contributed by atoms with Gasteiger partial charge in [0.25, 0.3) is 0 Å². The molecule has 2 aliphatic heterocycles. The molecular weight excluding hydrogens is 306 g/mol. The molecule has 2 aliphatic rings. The number of aromatic nitrogens is 1. The van der Waals surface area contributed by atoms with Crippen molar-refractivity contribution in [3.05, 3.63) is 41.6 Å². The average Bonchev–Trinajstić information content (AvgIpc) is 3.20. The van der Waals surface area contributed by atoms with Crippen molar-refractivity contribution >= 4 is 6.09 Å². The molecule has 4 rings (SSSR count). The molecule has 0 spiro atoms. The molecule has 0 unspecified atom stereocenters. The summed E-state index contributed by atoms with van der Waals surface area (Å²) in [4.78, 5) is 15.1. The Morgan fingerprint density at radius 3 is 2.96 bits per heavy atom. The molecule has 2 aromatic rings. The van der Waals surface area contributed by atoms with E-state index in [0.29, 0.717) is 19.1 Å². The fourth-order valence-electron chi connectivity index (χ4n) is 3.92. The largest absolute Gasteiger partial charge is 0.465 e. The zero-order valence-electron chi connectivity index (χ0n) is 13.7. The molecule has 6 heteroatoms. The zero-order chi connectivity index (χ0) is 16.7. The van der Waals surface area contributed by atoms with E-state index in [-0.39, 0.29) is 6.04 Å². The molecule has 1 aromatic heterocycles. The number of hydrogen-bond donors (Lipinski definition) is 1. The van der Waals surface area contributed by atoms with E-state index >= 15 is 0 Å². The Bertz CT molecular complexity index is 757. The van der Waals surface area contributed by atoms with E-state index in [1.165, 1.54) is 10.5 Å². The zero-order valence-corrected chi connectivity index (χ0v) is 13.7. The van der Waals surface area contributed by atoms with E-state index in [0.717, 1.165) is 36.4 Å². The van der Waals surface area contributed by atoms with E-state index in [4.69, 9.17) is 4.52 Å². The molecular formula is C18H21N3O3.